The number of aromatic amines is 1. The molecule has 2 heterocycles. The minimum atomic E-state index is -0.121. The third-order valence-electron chi connectivity index (χ3n) is 4.12. The van der Waals surface area contributed by atoms with Crippen molar-refractivity contribution in [3.05, 3.63) is 71.4 Å². The van der Waals surface area contributed by atoms with Gasteiger partial charge in [-0.25, -0.2) is 0 Å². The minimum absolute atomic E-state index is 0.121. The number of nitrogens with zero attached hydrogens (tertiary/aromatic N) is 3. The van der Waals surface area contributed by atoms with Gasteiger partial charge in [0.25, 0.3) is 0 Å². The number of carbonyl (C=O) groups excluding carboxylic acids is 1. The van der Waals surface area contributed by atoms with Gasteiger partial charge in [-0.05, 0) is 29.3 Å². The molecule has 0 aliphatic rings. The minimum Gasteiger partial charge on any atom is -0.361 e. The number of anilines is 1. The number of rotatable bonds is 6. The number of hydrogen-bond donors (Lipinski definition) is 2. The predicted molar refractivity (Wildman–Crippen MR) is 111 cm³/mol. The zero-order valence-corrected chi connectivity index (χ0v) is 16.3. The third-order valence-corrected chi connectivity index (χ3v) is 6.17. The maximum Gasteiger partial charge on any atom is 0.230 e. The number of fused-ring (bicyclic) bond motifs is 1. The lowest BCUT2D eigenvalue weighted by molar-refractivity contribution is -0.115. The summed E-state index contributed by atoms with van der Waals surface area (Å²) >= 11 is 2.90. The number of amides is 1. The Morgan fingerprint density at radius 1 is 1.18 bits per heavy atom. The van der Waals surface area contributed by atoms with Crippen molar-refractivity contribution in [2.45, 2.75) is 16.5 Å². The Morgan fingerprint density at radius 3 is 2.82 bits per heavy atom. The van der Waals surface area contributed by atoms with E-state index >= 15 is 0 Å². The van der Waals surface area contributed by atoms with Crippen molar-refractivity contribution in [2.24, 2.45) is 0 Å². The van der Waals surface area contributed by atoms with Gasteiger partial charge in [0.2, 0.25) is 11.0 Å². The standard InChI is InChI=1S/C20H15N5OS2/c21-10-13-5-7-14(8-6-13)12-27-20-25-24-19(28-20)23-18(26)9-15-11-22-17-4-2-1-3-16(15)17/h1-8,11,22H,9,12H2,(H,23,24,26). The van der Waals surface area contributed by atoms with Gasteiger partial charge in [0, 0.05) is 22.9 Å². The summed E-state index contributed by atoms with van der Waals surface area (Å²) < 4.78 is 0.784. The second-order valence-corrected chi connectivity index (χ2v) is 8.25. The molecule has 0 unspecified atom stereocenters. The summed E-state index contributed by atoms with van der Waals surface area (Å²) in [5.41, 5.74) is 3.71. The Kier molecular flexibility index (Phi) is 5.37. The van der Waals surface area contributed by atoms with Crippen molar-refractivity contribution >= 4 is 45.0 Å². The molecule has 0 spiro atoms. The summed E-state index contributed by atoms with van der Waals surface area (Å²) in [6.45, 7) is 0. The van der Waals surface area contributed by atoms with Crippen molar-refractivity contribution in [2.75, 3.05) is 5.32 Å². The largest absolute Gasteiger partial charge is 0.361 e. The SMILES string of the molecule is N#Cc1ccc(CSc2nnc(NC(=O)Cc3c[nH]c4ccccc34)s2)cc1. The van der Waals surface area contributed by atoms with E-state index in [9.17, 15) is 4.79 Å². The van der Waals surface area contributed by atoms with E-state index in [1.807, 2.05) is 42.6 Å². The van der Waals surface area contributed by atoms with E-state index in [4.69, 9.17) is 5.26 Å². The lowest BCUT2D eigenvalue weighted by atomic mass is 10.1. The van der Waals surface area contributed by atoms with Crippen LogP contribution in [0.3, 0.4) is 0 Å². The zero-order chi connectivity index (χ0) is 19.3. The number of nitrogens with one attached hydrogen (secondary N) is 2. The lowest BCUT2D eigenvalue weighted by Crippen LogP contribution is -2.14. The number of H-pyrrole nitrogens is 1. The number of benzene rings is 2. The maximum atomic E-state index is 12.4. The molecule has 0 saturated carbocycles. The highest BCUT2D eigenvalue weighted by atomic mass is 32.2. The molecule has 0 aliphatic carbocycles. The summed E-state index contributed by atoms with van der Waals surface area (Å²) in [5.74, 6) is 0.605. The Hall–Kier alpha value is -3.15. The Bertz CT molecular complexity index is 1160. The fraction of sp³-hybridized carbons (Fsp3) is 0.100. The molecule has 2 aromatic heterocycles. The molecule has 0 bridgehead atoms. The molecular weight excluding hydrogens is 390 g/mol. The van der Waals surface area contributed by atoms with E-state index in [0.29, 0.717) is 10.7 Å². The van der Waals surface area contributed by atoms with Crippen LogP contribution in [0, 0.1) is 11.3 Å². The van der Waals surface area contributed by atoms with Crippen LogP contribution in [0.2, 0.25) is 0 Å². The van der Waals surface area contributed by atoms with Gasteiger partial charge in [-0.15, -0.1) is 10.2 Å². The second-order valence-electron chi connectivity index (χ2n) is 6.05. The first-order chi connectivity index (χ1) is 13.7. The molecule has 0 fully saturated rings. The second kappa shape index (κ2) is 8.25. The molecule has 138 valence electrons. The Morgan fingerprint density at radius 2 is 2.00 bits per heavy atom. The summed E-state index contributed by atoms with van der Waals surface area (Å²) in [5, 5.41) is 21.4. The van der Waals surface area contributed by atoms with Crippen LogP contribution in [0.5, 0.6) is 0 Å². The fourth-order valence-corrected chi connectivity index (χ4v) is 4.48. The number of para-hydroxylation sites is 1. The van der Waals surface area contributed by atoms with Gasteiger partial charge < -0.3 is 10.3 Å². The van der Waals surface area contributed by atoms with Gasteiger partial charge in [-0.2, -0.15) is 5.26 Å². The summed E-state index contributed by atoms with van der Waals surface area (Å²) in [6, 6.07) is 17.5. The normalized spacial score (nSPS) is 10.7. The lowest BCUT2D eigenvalue weighted by Gasteiger charge is -2.00. The number of thioether (sulfide) groups is 1. The number of carbonyl (C=O) groups is 1. The van der Waals surface area contributed by atoms with Crippen LogP contribution < -0.4 is 5.32 Å². The van der Waals surface area contributed by atoms with Crippen molar-refractivity contribution in [1.29, 1.82) is 5.26 Å². The van der Waals surface area contributed by atoms with Crippen LogP contribution in [0.15, 0.2) is 59.1 Å². The first-order valence-electron chi connectivity index (χ1n) is 8.51. The molecule has 1 amide bonds. The monoisotopic (exact) mass is 405 g/mol. The summed E-state index contributed by atoms with van der Waals surface area (Å²) in [7, 11) is 0. The molecule has 4 aromatic rings. The highest BCUT2D eigenvalue weighted by Crippen LogP contribution is 2.28. The van der Waals surface area contributed by atoms with Gasteiger partial charge in [-0.3, -0.25) is 4.79 Å². The van der Waals surface area contributed by atoms with Crippen LogP contribution in [0.4, 0.5) is 5.13 Å². The molecule has 0 saturated heterocycles. The van der Waals surface area contributed by atoms with Crippen LogP contribution in [-0.2, 0) is 17.0 Å². The van der Waals surface area contributed by atoms with Crippen LogP contribution >= 0.6 is 23.1 Å². The highest BCUT2D eigenvalue weighted by Gasteiger charge is 2.12. The van der Waals surface area contributed by atoms with Crippen molar-refractivity contribution in [1.82, 2.24) is 15.2 Å². The van der Waals surface area contributed by atoms with E-state index in [1.165, 1.54) is 11.3 Å². The van der Waals surface area contributed by atoms with Crippen molar-refractivity contribution < 1.29 is 4.79 Å². The maximum absolute atomic E-state index is 12.4. The molecule has 0 aliphatic heterocycles. The number of aromatic nitrogens is 3. The Labute approximate surface area is 169 Å². The van der Waals surface area contributed by atoms with Gasteiger partial charge in [0.05, 0.1) is 18.1 Å². The molecule has 2 N–H and O–H groups in total. The quantitative estimate of drug-likeness (QED) is 0.367. The van der Waals surface area contributed by atoms with Crippen molar-refractivity contribution in [3.63, 3.8) is 0 Å². The molecule has 0 atom stereocenters. The van der Waals surface area contributed by atoms with Gasteiger partial charge >= 0.3 is 0 Å². The van der Waals surface area contributed by atoms with Gasteiger partial charge in [0.15, 0.2) is 4.34 Å². The average Bonchev–Trinajstić information content (AvgIpc) is 3.34. The Balaban J connectivity index is 1.33. The van der Waals surface area contributed by atoms with E-state index in [0.717, 1.165) is 32.1 Å². The van der Waals surface area contributed by atoms with E-state index in [1.54, 1.807) is 23.9 Å². The van der Waals surface area contributed by atoms with Crippen LogP contribution in [-0.4, -0.2) is 21.1 Å². The summed E-state index contributed by atoms with van der Waals surface area (Å²) in [4.78, 5) is 15.5. The zero-order valence-electron chi connectivity index (χ0n) is 14.7. The van der Waals surface area contributed by atoms with E-state index in [-0.39, 0.29) is 12.3 Å². The molecule has 6 nitrogen and oxygen atoms in total. The van der Waals surface area contributed by atoms with Crippen molar-refractivity contribution in [3.8, 4) is 6.07 Å². The molecule has 4 rings (SSSR count). The van der Waals surface area contributed by atoms with Gasteiger partial charge in [0.1, 0.15) is 0 Å². The topological polar surface area (TPSA) is 94.5 Å². The van der Waals surface area contributed by atoms with Crippen LogP contribution in [0.1, 0.15) is 16.7 Å². The molecule has 28 heavy (non-hydrogen) atoms. The first-order valence-corrected chi connectivity index (χ1v) is 10.3. The highest BCUT2D eigenvalue weighted by molar-refractivity contribution is 8.00. The molecule has 2 aromatic carbocycles. The number of hydrogen-bond acceptors (Lipinski definition) is 6. The predicted octanol–water partition coefficient (Wildman–Crippen LogP) is 4.36. The third kappa shape index (κ3) is 4.22. The summed E-state index contributed by atoms with van der Waals surface area (Å²) in [6.07, 6.45) is 2.14. The fourth-order valence-electron chi connectivity index (χ4n) is 2.75. The molecular formula is C20H15N5OS2. The van der Waals surface area contributed by atoms with Gasteiger partial charge in [-0.1, -0.05) is 53.4 Å². The smallest absolute Gasteiger partial charge is 0.230 e. The average molecular weight is 406 g/mol. The molecule has 8 heteroatoms. The molecule has 0 radical (unpaired) electrons. The van der Waals surface area contributed by atoms with E-state index in [2.05, 4.69) is 26.6 Å². The first kappa shape index (κ1) is 18.2. The number of nitriles is 1. The van der Waals surface area contributed by atoms with E-state index < -0.39 is 0 Å². The van der Waals surface area contributed by atoms with Crippen LogP contribution in [0.25, 0.3) is 10.9 Å².